The fraction of sp³-hybridized carbons (Fsp3) is 0.647. The van der Waals surface area contributed by atoms with Crippen LogP contribution in [0.4, 0.5) is 5.69 Å². The number of hydrogen-bond donors (Lipinski definition) is 1. The van der Waals surface area contributed by atoms with E-state index in [1.807, 2.05) is 0 Å². The molecule has 0 saturated carbocycles. The standard InChI is InChI=1S/C17H28N2/c1-3-14-8-7-9-15(4-2)17(14)19-13-6-5-10-16(19)11-12-18/h7-9,16H,3-6,10-13,18H2,1-2H3. The highest BCUT2D eigenvalue weighted by Crippen LogP contribution is 2.33. The Morgan fingerprint density at radius 3 is 2.42 bits per heavy atom. The molecule has 1 aliphatic heterocycles. The lowest BCUT2D eigenvalue weighted by molar-refractivity contribution is 0.440. The van der Waals surface area contributed by atoms with Crippen LogP contribution in [0.2, 0.25) is 0 Å². The summed E-state index contributed by atoms with van der Waals surface area (Å²) in [5.74, 6) is 0. The normalized spacial score (nSPS) is 19.7. The fourth-order valence-electron chi connectivity index (χ4n) is 3.37. The Morgan fingerprint density at radius 1 is 1.16 bits per heavy atom. The molecule has 0 amide bonds. The van der Waals surface area contributed by atoms with Crippen LogP contribution in [0.3, 0.4) is 0 Å². The molecule has 0 aliphatic carbocycles. The summed E-state index contributed by atoms with van der Waals surface area (Å²) in [6, 6.07) is 7.45. The highest BCUT2D eigenvalue weighted by molar-refractivity contribution is 5.61. The minimum absolute atomic E-state index is 0.650. The molecule has 19 heavy (non-hydrogen) atoms. The van der Waals surface area contributed by atoms with Gasteiger partial charge in [-0.1, -0.05) is 32.0 Å². The van der Waals surface area contributed by atoms with Crippen molar-refractivity contribution < 1.29 is 0 Å². The molecule has 1 saturated heterocycles. The molecule has 2 N–H and O–H groups in total. The van der Waals surface area contributed by atoms with Crippen molar-refractivity contribution in [2.45, 2.75) is 58.4 Å². The van der Waals surface area contributed by atoms with Crippen LogP contribution in [0.25, 0.3) is 0 Å². The molecule has 1 unspecified atom stereocenters. The summed E-state index contributed by atoms with van der Waals surface area (Å²) in [6.45, 7) is 6.53. The van der Waals surface area contributed by atoms with Crippen molar-refractivity contribution in [1.82, 2.24) is 0 Å². The average molecular weight is 260 g/mol. The van der Waals surface area contributed by atoms with Gasteiger partial charge in [-0.15, -0.1) is 0 Å². The van der Waals surface area contributed by atoms with Gasteiger partial charge in [0.15, 0.2) is 0 Å². The monoisotopic (exact) mass is 260 g/mol. The summed E-state index contributed by atoms with van der Waals surface area (Å²) < 4.78 is 0. The van der Waals surface area contributed by atoms with E-state index in [1.165, 1.54) is 42.6 Å². The summed E-state index contributed by atoms with van der Waals surface area (Å²) >= 11 is 0. The Morgan fingerprint density at radius 2 is 1.84 bits per heavy atom. The molecular formula is C17H28N2. The third-order valence-electron chi connectivity index (χ3n) is 4.38. The van der Waals surface area contributed by atoms with Crippen LogP contribution in [0.5, 0.6) is 0 Å². The maximum Gasteiger partial charge on any atom is 0.0433 e. The summed E-state index contributed by atoms with van der Waals surface area (Å²) in [6.07, 6.45) is 7.35. The van der Waals surface area contributed by atoms with Gasteiger partial charge in [-0.3, -0.25) is 0 Å². The molecule has 0 aromatic heterocycles. The van der Waals surface area contributed by atoms with E-state index < -0.39 is 0 Å². The summed E-state index contributed by atoms with van der Waals surface area (Å²) in [5.41, 5.74) is 10.3. The minimum atomic E-state index is 0.650. The van der Waals surface area contributed by atoms with Gasteiger partial charge in [0.2, 0.25) is 0 Å². The molecule has 2 rings (SSSR count). The zero-order valence-electron chi connectivity index (χ0n) is 12.5. The highest BCUT2D eigenvalue weighted by Gasteiger charge is 2.24. The number of piperidine rings is 1. The smallest absolute Gasteiger partial charge is 0.0433 e. The van der Waals surface area contributed by atoms with Gasteiger partial charge in [0.05, 0.1) is 0 Å². The summed E-state index contributed by atoms with van der Waals surface area (Å²) in [7, 11) is 0. The zero-order valence-corrected chi connectivity index (χ0v) is 12.5. The van der Waals surface area contributed by atoms with Crippen molar-refractivity contribution in [3.8, 4) is 0 Å². The number of rotatable bonds is 5. The molecule has 1 fully saturated rings. The Balaban J connectivity index is 2.36. The van der Waals surface area contributed by atoms with Crippen molar-refractivity contribution in [2.24, 2.45) is 5.73 Å². The summed E-state index contributed by atoms with van der Waals surface area (Å²) in [4.78, 5) is 2.66. The Bertz CT molecular complexity index is 376. The fourth-order valence-corrected chi connectivity index (χ4v) is 3.37. The van der Waals surface area contributed by atoms with Crippen molar-refractivity contribution in [1.29, 1.82) is 0 Å². The second-order valence-corrected chi connectivity index (χ2v) is 5.55. The maximum atomic E-state index is 5.81. The van der Waals surface area contributed by atoms with E-state index in [2.05, 4.69) is 36.9 Å². The molecule has 1 aromatic rings. The van der Waals surface area contributed by atoms with Gasteiger partial charge < -0.3 is 10.6 Å². The van der Waals surface area contributed by atoms with Gasteiger partial charge in [-0.2, -0.15) is 0 Å². The van der Waals surface area contributed by atoms with E-state index in [4.69, 9.17) is 5.73 Å². The summed E-state index contributed by atoms with van der Waals surface area (Å²) in [5, 5.41) is 0. The maximum absolute atomic E-state index is 5.81. The number of nitrogens with zero attached hydrogens (tertiary/aromatic N) is 1. The minimum Gasteiger partial charge on any atom is -0.368 e. The first-order chi connectivity index (χ1) is 9.31. The van der Waals surface area contributed by atoms with Crippen LogP contribution in [0.1, 0.15) is 50.7 Å². The number of anilines is 1. The average Bonchev–Trinajstić information content (AvgIpc) is 2.47. The van der Waals surface area contributed by atoms with Gasteiger partial charge in [-0.05, 0) is 56.2 Å². The van der Waals surface area contributed by atoms with Crippen LogP contribution in [-0.2, 0) is 12.8 Å². The Labute approximate surface area is 118 Å². The number of hydrogen-bond acceptors (Lipinski definition) is 2. The van der Waals surface area contributed by atoms with Crippen molar-refractivity contribution in [3.63, 3.8) is 0 Å². The molecule has 1 aliphatic rings. The molecule has 0 radical (unpaired) electrons. The SMILES string of the molecule is CCc1cccc(CC)c1N1CCCCC1CCN. The van der Waals surface area contributed by atoms with Crippen LogP contribution in [0, 0.1) is 0 Å². The predicted octanol–water partition coefficient (Wildman–Crippen LogP) is 3.52. The van der Waals surface area contributed by atoms with E-state index in [9.17, 15) is 0 Å². The molecule has 1 atom stereocenters. The van der Waals surface area contributed by atoms with Crippen LogP contribution >= 0.6 is 0 Å². The molecule has 0 bridgehead atoms. The Kier molecular flexibility index (Phi) is 5.26. The molecule has 0 spiro atoms. The number of para-hydroxylation sites is 1. The van der Waals surface area contributed by atoms with Crippen molar-refractivity contribution in [3.05, 3.63) is 29.3 Å². The third kappa shape index (κ3) is 3.11. The molecule has 2 nitrogen and oxygen atoms in total. The Hall–Kier alpha value is -1.02. The molecule has 106 valence electrons. The van der Waals surface area contributed by atoms with Crippen LogP contribution in [0.15, 0.2) is 18.2 Å². The lowest BCUT2D eigenvalue weighted by Crippen LogP contribution is -2.41. The van der Waals surface area contributed by atoms with Gasteiger partial charge in [0.1, 0.15) is 0 Å². The number of benzene rings is 1. The van der Waals surface area contributed by atoms with Gasteiger partial charge in [0, 0.05) is 18.3 Å². The van der Waals surface area contributed by atoms with E-state index in [-0.39, 0.29) is 0 Å². The highest BCUT2D eigenvalue weighted by atomic mass is 15.2. The van der Waals surface area contributed by atoms with E-state index in [1.54, 1.807) is 0 Å². The van der Waals surface area contributed by atoms with Crippen molar-refractivity contribution >= 4 is 5.69 Å². The molecule has 1 aromatic carbocycles. The largest absolute Gasteiger partial charge is 0.368 e. The predicted molar refractivity (Wildman–Crippen MR) is 83.9 cm³/mol. The van der Waals surface area contributed by atoms with E-state index in [0.717, 1.165) is 25.8 Å². The first kappa shape index (κ1) is 14.4. The zero-order chi connectivity index (χ0) is 13.7. The lowest BCUT2D eigenvalue weighted by Gasteiger charge is -2.40. The molecule has 1 heterocycles. The lowest BCUT2D eigenvalue weighted by atomic mass is 9.94. The number of nitrogens with two attached hydrogens (primary N) is 1. The van der Waals surface area contributed by atoms with Crippen molar-refractivity contribution in [2.75, 3.05) is 18.0 Å². The van der Waals surface area contributed by atoms with Crippen LogP contribution < -0.4 is 10.6 Å². The topological polar surface area (TPSA) is 29.3 Å². The molecular weight excluding hydrogens is 232 g/mol. The van der Waals surface area contributed by atoms with Gasteiger partial charge >= 0.3 is 0 Å². The van der Waals surface area contributed by atoms with E-state index in [0.29, 0.717) is 6.04 Å². The number of aryl methyl sites for hydroxylation is 2. The molecule has 2 heteroatoms. The van der Waals surface area contributed by atoms with Gasteiger partial charge in [-0.25, -0.2) is 0 Å². The second-order valence-electron chi connectivity index (χ2n) is 5.55. The van der Waals surface area contributed by atoms with Gasteiger partial charge in [0.25, 0.3) is 0 Å². The quantitative estimate of drug-likeness (QED) is 0.877. The van der Waals surface area contributed by atoms with E-state index >= 15 is 0 Å². The second kappa shape index (κ2) is 6.95. The third-order valence-corrected chi connectivity index (χ3v) is 4.38. The first-order valence-corrected chi connectivity index (χ1v) is 7.89. The first-order valence-electron chi connectivity index (χ1n) is 7.89. The van der Waals surface area contributed by atoms with Crippen LogP contribution in [-0.4, -0.2) is 19.1 Å².